The SMILES string of the molecule is Cc1nnc(S/C(=C\c2c(C)n(Cc3ccc(Br)cc3)c3ccccc23)C(=O)O)o1. The van der Waals surface area contributed by atoms with Crippen LogP contribution in [-0.4, -0.2) is 25.8 Å². The average Bonchev–Trinajstić information content (AvgIpc) is 3.25. The summed E-state index contributed by atoms with van der Waals surface area (Å²) < 4.78 is 8.57. The van der Waals surface area contributed by atoms with Gasteiger partial charge in [0.2, 0.25) is 5.89 Å². The maximum Gasteiger partial charge on any atom is 0.342 e. The molecule has 0 amide bonds. The van der Waals surface area contributed by atoms with Gasteiger partial charge in [-0.25, -0.2) is 4.79 Å². The third-order valence-corrected chi connectivity index (χ3v) is 6.11. The lowest BCUT2D eigenvalue weighted by molar-refractivity contribution is -0.131. The van der Waals surface area contributed by atoms with Gasteiger partial charge in [0.1, 0.15) is 4.91 Å². The smallest absolute Gasteiger partial charge is 0.342 e. The molecule has 4 rings (SSSR count). The van der Waals surface area contributed by atoms with Crippen LogP contribution in [0.25, 0.3) is 17.0 Å². The van der Waals surface area contributed by atoms with Crippen molar-refractivity contribution < 1.29 is 14.3 Å². The lowest BCUT2D eigenvalue weighted by Crippen LogP contribution is -2.02. The Hall–Kier alpha value is -2.84. The summed E-state index contributed by atoms with van der Waals surface area (Å²) in [7, 11) is 0. The molecule has 0 unspecified atom stereocenters. The Morgan fingerprint density at radius 3 is 2.57 bits per heavy atom. The van der Waals surface area contributed by atoms with Gasteiger partial charge in [-0.3, -0.25) is 0 Å². The van der Waals surface area contributed by atoms with Crippen molar-refractivity contribution in [2.75, 3.05) is 0 Å². The number of aliphatic carboxylic acids is 1. The predicted molar refractivity (Wildman–Crippen MR) is 120 cm³/mol. The lowest BCUT2D eigenvalue weighted by Gasteiger charge is -2.09. The molecular formula is C22H18BrN3O3S. The third kappa shape index (κ3) is 4.20. The second-order valence-corrected chi connectivity index (χ2v) is 8.64. The summed E-state index contributed by atoms with van der Waals surface area (Å²) in [6.45, 7) is 4.36. The highest BCUT2D eigenvalue weighted by Crippen LogP contribution is 2.33. The van der Waals surface area contributed by atoms with Crippen LogP contribution in [0.1, 0.15) is 22.7 Å². The number of aryl methyl sites for hydroxylation is 1. The molecule has 0 fully saturated rings. The number of halogens is 1. The molecule has 4 aromatic rings. The molecule has 0 aliphatic carbocycles. The molecule has 0 aliphatic heterocycles. The van der Waals surface area contributed by atoms with E-state index in [0.717, 1.165) is 44.0 Å². The quantitative estimate of drug-likeness (QED) is 0.281. The van der Waals surface area contributed by atoms with Crippen molar-refractivity contribution in [2.45, 2.75) is 25.6 Å². The van der Waals surface area contributed by atoms with Crippen LogP contribution in [0.15, 0.2) is 67.5 Å². The molecule has 0 saturated carbocycles. The van der Waals surface area contributed by atoms with Gasteiger partial charge < -0.3 is 14.1 Å². The second kappa shape index (κ2) is 8.49. The van der Waals surface area contributed by atoms with Crippen LogP contribution in [0.2, 0.25) is 0 Å². The largest absolute Gasteiger partial charge is 0.477 e. The zero-order chi connectivity index (χ0) is 21.3. The number of benzene rings is 2. The number of rotatable bonds is 6. The van der Waals surface area contributed by atoms with Crippen molar-refractivity contribution in [3.63, 3.8) is 0 Å². The number of carboxylic acid groups (broad SMARTS) is 1. The van der Waals surface area contributed by atoms with Gasteiger partial charge in [0, 0.05) is 40.1 Å². The van der Waals surface area contributed by atoms with Crippen LogP contribution in [0, 0.1) is 13.8 Å². The Labute approximate surface area is 185 Å². The van der Waals surface area contributed by atoms with Gasteiger partial charge in [-0.15, -0.1) is 10.2 Å². The fourth-order valence-electron chi connectivity index (χ4n) is 3.30. The first-order chi connectivity index (χ1) is 14.4. The molecule has 152 valence electrons. The number of aromatic nitrogens is 3. The normalized spacial score (nSPS) is 11.9. The number of fused-ring (bicyclic) bond motifs is 1. The Balaban J connectivity index is 1.79. The number of hydrogen-bond donors (Lipinski definition) is 1. The van der Waals surface area contributed by atoms with Crippen LogP contribution in [0.3, 0.4) is 0 Å². The van der Waals surface area contributed by atoms with E-state index in [2.05, 4.69) is 42.8 Å². The van der Waals surface area contributed by atoms with E-state index in [9.17, 15) is 9.90 Å². The highest BCUT2D eigenvalue weighted by atomic mass is 79.9. The summed E-state index contributed by atoms with van der Waals surface area (Å²) in [5.74, 6) is -0.649. The van der Waals surface area contributed by atoms with Gasteiger partial charge in [0.25, 0.3) is 5.22 Å². The summed E-state index contributed by atoms with van der Waals surface area (Å²) in [5.41, 5.74) is 4.06. The minimum atomic E-state index is -1.04. The number of para-hydroxylation sites is 1. The summed E-state index contributed by atoms with van der Waals surface area (Å²) in [6, 6.07) is 16.2. The number of carboxylic acids is 1. The van der Waals surface area contributed by atoms with Crippen LogP contribution in [0.4, 0.5) is 0 Å². The van der Waals surface area contributed by atoms with Gasteiger partial charge in [0.05, 0.1) is 0 Å². The lowest BCUT2D eigenvalue weighted by atomic mass is 10.1. The van der Waals surface area contributed by atoms with Crippen molar-refractivity contribution in [1.82, 2.24) is 14.8 Å². The van der Waals surface area contributed by atoms with Gasteiger partial charge in [-0.1, -0.05) is 46.3 Å². The molecule has 0 atom stereocenters. The molecule has 2 aromatic carbocycles. The minimum absolute atomic E-state index is 0.119. The van der Waals surface area contributed by atoms with Gasteiger partial charge in [-0.2, -0.15) is 0 Å². The summed E-state index contributed by atoms with van der Waals surface area (Å²) in [6.07, 6.45) is 1.68. The highest BCUT2D eigenvalue weighted by molar-refractivity contribution is 9.10. The number of hydrogen-bond acceptors (Lipinski definition) is 5. The zero-order valence-electron chi connectivity index (χ0n) is 16.3. The fourth-order valence-corrected chi connectivity index (χ4v) is 4.26. The zero-order valence-corrected chi connectivity index (χ0v) is 18.7. The van der Waals surface area contributed by atoms with Crippen molar-refractivity contribution in [2.24, 2.45) is 0 Å². The van der Waals surface area contributed by atoms with Crippen LogP contribution < -0.4 is 0 Å². The maximum atomic E-state index is 11.9. The molecule has 2 heterocycles. The first kappa shape index (κ1) is 20.4. The highest BCUT2D eigenvalue weighted by Gasteiger charge is 2.18. The van der Waals surface area contributed by atoms with Gasteiger partial charge in [0.15, 0.2) is 0 Å². The van der Waals surface area contributed by atoms with Crippen LogP contribution in [0.5, 0.6) is 0 Å². The van der Waals surface area contributed by atoms with Gasteiger partial charge >= 0.3 is 5.97 Å². The molecule has 0 spiro atoms. The van der Waals surface area contributed by atoms with E-state index in [1.54, 1.807) is 13.0 Å². The maximum absolute atomic E-state index is 11.9. The molecule has 1 N–H and O–H groups in total. The second-order valence-electron chi connectivity index (χ2n) is 6.73. The van der Waals surface area contributed by atoms with E-state index in [4.69, 9.17) is 4.42 Å². The van der Waals surface area contributed by atoms with Crippen LogP contribution >= 0.6 is 27.7 Å². The third-order valence-electron chi connectivity index (χ3n) is 4.72. The Bertz CT molecular complexity index is 1260. The molecule has 0 aliphatic rings. The molecule has 8 heteroatoms. The molecule has 0 bridgehead atoms. The van der Waals surface area contributed by atoms with Gasteiger partial charge in [-0.05, 0) is 48.5 Å². The van der Waals surface area contributed by atoms with E-state index in [-0.39, 0.29) is 10.1 Å². The van der Waals surface area contributed by atoms with E-state index in [1.165, 1.54) is 0 Å². The Morgan fingerprint density at radius 1 is 1.17 bits per heavy atom. The van der Waals surface area contributed by atoms with Crippen molar-refractivity contribution >= 4 is 50.6 Å². The number of carbonyl (C=O) groups is 1. The van der Waals surface area contributed by atoms with Crippen molar-refractivity contribution in [3.8, 4) is 0 Å². The summed E-state index contributed by atoms with van der Waals surface area (Å²) in [5, 5.41) is 18.6. The fraction of sp³-hybridized carbons (Fsp3) is 0.136. The Morgan fingerprint density at radius 2 is 1.90 bits per heavy atom. The molecule has 2 aromatic heterocycles. The predicted octanol–water partition coefficient (Wildman–Crippen LogP) is 5.67. The van der Waals surface area contributed by atoms with Crippen molar-refractivity contribution in [3.05, 3.63) is 80.6 Å². The minimum Gasteiger partial charge on any atom is -0.477 e. The van der Waals surface area contributed by atoms with Crippen molar-refractivity contribution in [1.29, 1.82) is 0 Å². The van der Waals surface area contributed by atoms with E-state index < -0.39 is 5.97 Å². The van der Waals surface area contributed by atoms with Crippen LogP contribution in [-0.2, 0) is 11.3 Å². The summed E-state index contributed by atoms with van der Waals surface area (Å²) >= 11 is 4.42. The monoisotopic (exact) mass is 483 g/mol. The standard InChI is InChI=1S/C22H18BrN3O3S/c1-13-18(11-20(21(27)28)30-22-25-24-14(2)29-22)17-5-3-4-6-19(17)26(13)12-15-7-9-16(23)10-8-15/h3-11H,12H2,1-2H3,(H,27,28)/b20-11-. The molecular weight excluding hydrogens is 466 g/mol. The van der Waals surface area contributed by atoms with E-state index >= 15 is 0 Å². The number of nitrogens with zero attached hydrogens (tertiary/aromatic N) is 3. The first-order valence-corrected chi connectivity index (χ1v) is 10.8. The molecule has 6 nitrogen and oxygen atoms in total. The molecule has 30 heavy (non-hydrogen) atoms. The number of thioether (sulfide) groups is 1. The average molecular weight is 484 g/mol. The van der Waals surface area contributed by atoms with E-state index in [0.29, 0.717) is 12.4 Å². The topological polar surface area (TPSA) is 81.2 Å². The Kier molecular flexibility index (Phi) is 5.78. The molecule has 0 saturated heterocycles. The molecule has 0 radical (unpaired) electrons. The van der Waals surface area contributed by atoms with E-state index in [1.807, 2.05) is 43.3 Å². The first-order valence-electron chi connectivity index (χ1n) is 9.17. The summed E-state index contributed by atoms with van der Waals surface area (Å²) in [4.78, 5) is 12.0.